The van der Waals surface area contributed by atoms with Crippen molar-refractivity contribution in [1.82, 2.24) is 4.57 Å². The number of benzene rings is 13. The summed E-state index contributed by atoms with van der Waals surface area (Å²) in [6, 6.07) is 104. The van der Waals surface area contributed by atoms with Crippen LogP contribution in [0.1, 0.15) is 106 Å². The van der Waals surface area contributed by atoms with Crippen LogP contribution in [-0.4, -0.2) is 11.3 Å². The van der Waals surface area contributed by atoms with Crippen molar-refractivity contribution in [2.75, 3.05) is 9.80 Å². The topological polar surface area (TPSA) is 11.4 Å². The van der Waals surface area contributed by atoms with E-state index in [1.165, 1.54) is 55.1 Å². The molecular formula is C92H80BN3. The Morgan fingerprint density at radius 2 is 0.667 bits per heavy atom. The van der Waals surface area contributed by atoms with Crippen molar-refractivity contribution in [2.45, 2.75) is 91.9 Å². The van der Waals surface area contributed by atoms with Crippen LogP contribution in [0.4, 0.5) is 34.1 Å². The third kappa shape index (κ3) is 10.2. The first-order valence-electron chi connectivity index (χ1n) is 35.2. The summed E-state index contributed by atoms with van der Waals surface area (Å²) in [6.07, 6.45) is 0. The summed E-state index contributed by atoms with van der Waals surface area (Å²) in [5.41, 5.74) is 30.7. The normalized spacial score (nSPS) is 13.1. The molecule has 3 heterocycles. The van der Waals surface area contributed by atoms with E-state index in [4.69, 9.17) is 0 Å². The van der Waals surface area contributed by atoms with Crippen molar-refractivity contribution < 1.29 is 2.74 Å². The molecule has 1 aromatic heterocycles. The van der Waals surface area contributed by atoms with E-state index < -0.39 is 0 Å². The first kappa shape index (κ1) is 57.9. The molecule has 0 saturated heterocycles. The fourth-order valence-electron chi connectivity index (χ4n) is 15.5. The molecule has 0 unspecified atom stereocenters. The van der Waals surface area contributed by atoms with Gasteiger partial charge in [-0.1, -0.05) is 324 Å². The van der Waals surface area contributed by atoms with Crippen LogP contribution in [0.15, 0.2) is 291 Å². The molecule has 14 aromatic rings. The molecule has 96 heavy (non-hydrogen) atoms. The molecular weight excluding hydrogens is 1160 g/mol. The van der Waals surface area contributed by atoms with Gasteiger partial charge in [-0.3, -0.25) is 0 Å². The van der Waals surface area contributed by atoms with Crippen LogP contribution in [-0.2, 0) is 10.8 Å². The lowest BCUT2D eigenvalue weighted by Crippen LogP contribution is -2.61. The van der Waals surface area contributed by atoms with Gasteiger partial charge in [0.25, 0.3) is 6.71 Å². The minimum Gasteiger partial charge on any atom is -0.310 e. The van der Waals surface area contributed by atoms with Gasteiger partial charge in [-0.05, 0) is 142 Å². The molecule has 13 aromatic carbocycles. The van der Waals surface area contributed by atoms with Gasteiger partial charge in [0.2, 0.25) is 0 Å². The van der Waals surface area contributed by atoms with Crippen molar-refractivity contribution in [3.63, 3.8) is 0 Å². The van der Waals surface area contributed by atoms with Gasteiger partial charge in [0.15, 0.2) is 0 Å². The smallest absolute Gasteiger partial charge is 0.252 e. The van der Waals surface area contributed by atoms with Gasteiger partial charge in [0.05, 0.1) is 30.8 Å². The maximum Gasteiger partial charge on any atom is 0.252 e. The van der Waals surface area contributed by atoms with Crippen LogP contribution < -0.4 is 26.2 Å². The van der Waals surface area contributed by atoms with Crippen LogP contribution in [0.5, 0.6) is 0 Å². The zero-order valence-corrected chi connectivity index (χ0v) is 56.6. The second kappa shape index (κ2) is 23.7. The van der Waals surface area contributed by atoms with E-state index in [0.717, 1.165) is 112 Å². The highest BCUT2D eigenvalue weighted by Gasteiger charge is 2.46. The minimum atomic E-state index is -0.292. The number of aromatic nitrogens is 1. The highest BCUT2D eigenvalue weighted by Crippen LogP contribution is 2.55. The van der Waals surface area contributed by atoms with E-state index in [9.17, 15) is 2.74 Å². The van der Waals surface area contributed by atoms with Crippen LogP contribution in [0.3, 0.4) is 0 Å². The maximum absolute atomic E-state index is 9.85. The Kier molecular flexibility index (Phi) is 14.3. The van der Waals surface area contributed by atoms with Crippen molar-refractivity contribution in [3.05, 3.63) is 313 Å². The fourth-order valence-corrected chi connectivity index (χ4v) is 15.5. The van der Waals surface area contributed by atoms with Crippen molar-refractivity contribution in [1.29, 1.82) is 0 Å². The molecule has 466 valence electrons. The number of fused-ring (bicyclic) bond motifs is 7. The molecule has 0 amide bonds. The average Bonchev–Trinajstić information content (AvgIpc) is 0.740. The van der Waals surface area contributed by atoms with Crippen LogP contribution >= 0.6 is 0 Å². The molecule has 0 aliphatic carbocycles. The lowest BCUT2D eigenvalue weighted by Gasteiger charge is -2.46. The lowest BCUT2D eigenvalue weighted by molar-refractivity contribution is 0.588. The Morgan fingerprint density at radius 1 is 0.323 bits per heavy atom. The van der Waals surface area contributed by atoms with Gasteiger partial charge < -0.3 is 14.4 Å². The average molecular weight is 1240 g/mol. The van der Waals surface area contributed by atoms with E-state index in [1.807, 2.05) is 0 Å². The molecule has 16 rings (SSSR count). The quantitative estimate of drug-likeness (QED) is 0.120. The van der Waals surface area contributed by atoms with E-state index in [2.05, 4.69) is 363 Å². The second-order valence-electron chi connectivity index (χ2n) is 29.1. The molecule has 0 fully saturated rings. The van der Waals surface area contributed by atoms with Crippen LogP contribution in [0, 0.1) is 0 Å². The largest absolute Gasteiger partial charge is 0.310 e. The number of anilines is 6. The third-order valence-corrected chi connectivity index (χ3v) is 20.3. The summed E-state index contributed by atoms with van der Waals surface area (Å²) in [4.78, 5) is 5.22. The van der Waals surface area contributed by atoms with Gasteiger partial charge >= 0.3 is 0 Å². The molecule has 4 heteroatoms. The predicted molar refractivity (Wildman–Crippen MR) is 413 cm³/mol. The molecule has 0 atom stereocenters. The number of para-hydroxylation sites is 4. The highest BCUT2D eigenvalue weighted by atomic mass is 15.2. The number of rotatable bonds is 11. The Morgan fingerprint density at radius 3 is 1.01 bits per heavy atom. The molecule has 2 aliphatic heterocycles. The molecule has 0 spiro atoms. The molecule has 2 aliphatic rings. The predicted octanol–water partition coefficient (Wildman–Crippen LogP) is 23.7. The number of nitrogens with zero attached hydrogens (tertiary/aromatic N) is 3. The van der Waals surface area contributed by atoms with Crippen LogP contribution in [0.25, 0.3) is 94.3 Å². The number of hydrogen-bond acceptors (Lipinski definition) is 2. The number of hydrogen-bond donors (Lipinski definition) is 0. The van der Waals surface area contributed by atoms with E-state index >= 15 is 0 Å². The second-order valence-corrected chi connectivity index (χ2v) is 29.1. The van der Waals surface area contributed by atoms with E-state index in [0.29, 0.717) is 12.1 Å². The maximum atomic E-state index is 9.85. The van der Waals surface area contributed by atoms with Gasteiger partial charge in [0, 0.05) is 55.8 Å². The molecule has 0 saturated carbocycles. The Bertz CT molecular complexity index is 4990. The van der Waals surface area contributed by atoms with Gasteiger partial charge in [-0.2, -0.15) is 0 Å². The Hall–Kier alpha value is -10.7. The first-order valence-corrected chi connectivity index (χ1v) is 34.2. The summed E-state index contributed by atoms with van der Waals surface area (Å²) in [6.45, 7) is 22.9. The molecule has 3 nitrogen and oxygen atoms in total. The van der Waals surface area contributed by atoms with Crippen molar-refractivity contribution in [3.8, 4) is 72.4 Å². The van der Waals surface area contributed by atoms with Gasteiger partial charge in [0.1, 0.15) is 0 Å². The highest BCUT2D eigenvalue weighted by molar-refractivity contribution is 7.00. The summed E-state index contributed by atoms with van der Waals surface area (Å²) in [5.74, 6) is 0.486. The van der Waals surface area contributed by atoms with E-state index in [-0.39, 0.29) is 29.4 Å². The van der Waals surface area contributed by atoms with Crippen LogP contribution in [0.2, 0.25) is 0 Å². The fraction of sp³-hybridized carbons (Fsp3) is 0.152. The lowest BCUT2D eigenvalue weighted by atomic mass is 9.33. The third-order valence-electron chi connectivity index (χ3n) is 20.3. The first-order chi connectivity index (χ1) is 47.4. The Labute approximate surface area is 570 Å². The minimum absolute atomic E-state index is 0.0443. The summed E-state index contributed by atoms with van der Waals surface area (Å²) in [5, 5.41) is 2.35. The zero-order chi connectivity index (χ0) is 67.5. The SMILES string of the molecule is [2H]c1cc(-c2ccccc2)c(N2c3cc(-c4ccc(C(C)(C)C)cc4C(C)C)ccc3B3c4ccc(-c5ccc(C(C)(C)C)cc5C(C)C)cc4N(c4c(-c5ccccc5)cc([2H])cc4-c4ccccc4)c4cc(-n5c6ccccc6c6ccccc65)cc2c43)c(-c2ccccc2)c1. The molecule has 0 N–H and O–H groups in total. The zero-order valence-electron chi connectivity index (χ0n) is 58.6. The van der Waals surface area contributed by atoms with Crippen molar-refractivity contribution in [2.24, 2.45) is 0 Å². The summed E-state index contributed by atoms with van der Waals surface area (Å²) < 4.78 is 22.2. The van der Waals surface area contributed by atoms with Gasteiger partial charge in [-0.25, -0.2) is 0 Å². The molecule has 0 radical (unpaired) electrons. The monoisotopic (exact) mass is 1240 g/mol. The van der Waals surface area contributed by atoms with E-state index in [1.54, 1.807) is 0 Å². The van der Waals surface area contributed by atoms with Gasteiger partial charge in [-0.15, -0.1) is 0 Å². The summed E-state index contributed by atoms with van der Waals surface area (Å²) >= 11 is 0. The Balaban J connectivity index is 1.12. The standard InChI is InChI=1S/C92H80BN3/c1-59(2)78-55-67(91(5,6)7)47-49-70(78)65-45-51-80-84(53-65)95(89-72(61-29-15-11-16-30-61)39-27-40-73(89)62-31-17-12-18-32-62)86-57-69(94-82-43-25-23-37-76(82)77-38-24-26-44-83(77)94)58-87-88(86)93(80)81-52-46-66(71-50-48-68(92(8,9)10)56-79(71)60(3)4)54-85(81)96(87)90-74(63-33-19-13-20-34-63)41-28-42-75(90)64-35-21-14-22-36-64/h11-60H,1-10H3/i27D,28D. The van der Waals surface area contributed by atoms with Crippen molar-refractivity contribution >= 4 is 79.0 Å². The summed E-state index contributed by atoms with van der Waals surface area (Å²) in [7, 11) is 0. The molecule has 0 bridgehead atoms.